The molecule has 0 spiro atoms. The van der Waals surface area contributed by atoms with Crippen LogP contribution >= 0.6 is 0 Å². The van der Waals surface area contributed by atoms with E-state index >= 15 is 0 Å². The highest BCUT2D eigenvalue weighted by Gasteiger charge is 2.36. The fraction of sp³-hybridized carbons (Fsp3) is 0.455. The van der Waals surface area contributed by atoms with Crippen molar-refractivity contribution in [1.82, 2.24) is 9.47 Å². The van der Waals surface area contributed by atoms with Gasteiger partial charge < -0.3 is 19.5 Å². The average molecular weight is 250 g/mol. The molecule has 0 aromatic carbocycles. The molecule has 2 heterocycles. The molecule has 2 rings (SSSR count). The number of amides is 1. The summed E-state index contributed by atoms with van der Waals surface area (Å²) in [5.74, 6) is -0.823. The van der Waals surface area contributed by atoms with Crippen LogP contribution in [0, 0.1) is 0 Å². The predicted octanol–water partition coefficient (Wildman–Crippen LogP) is -1.15. The number of carbonyl (C=O) groups is 1. The molecule has 1 aromatic rings. The SMILES string of the molecule is O=C(Cn1ccccc1=O)N1CCC[C@H]1B(O)O. The topological polar surface area (TPSA) is 82.8 Å². The van der Waals surface area contributed by atoms with Gasteiger partial charge in [0.25, 0.3) is 5.56 Å². The zero-order valence-corrected chi connectivity index (χ0v) is 9.90. The molecule has 7 heteroatoms. The molecule has 0 saturated carbocycles. The minimum Gasteiger partial charge on any atom is -0.426 e. The maximum absolute atomic E-state index is 12.0. The summed E-state index contributed by atoms with van der Waals surface area (Å²) in [6.45, 7) is 0.436. The summed E-state index contributed by atoms with van der Waals surface area (Å²) < 4.78 is 1.31. The third kappa shape index (κ3) is 2.62. The monoisotopic (exact) mass is 250 g/mol. The van der Waals surface area contributed by atoms with Gasteiger partial charge in [0.1, 0.15) is 6.54 Å². The van der Waals surface area contributed by atoms with Crippen molar-refractivity contribution in [3.8, 4) is 0 Å². The van der Waals surface area contributed by atoms with Crippen molar-refractivity contribution >= 4 is 13.0 Å². The third-order valence-electron chi connectivity index (χ3n) is 3.17. The number of carbonyl (C=O) groups excluding carboxylic acids is 1. The van der Waals surface area contributed by atoms with Gasteiger partial charge in [0.15, 0.2) is 0 Å². The van der Waals surface area contributed by atoms with Gasteiger partial charge in [0, 0.05) is 18.8 Å². The van der Waals surface area contributed by atoms with Gasteiger partial charge >= 0.3 is 7.12 Å². The lowest BCUT2D eigenvalue weighted by Crippen LogP contribution is -2.47. The molecule has 1 atom stereocenters. The molecular weight excluding hydrogens is 235 g/mol. The fourth-order valence-corrected chi connectivity index (χ4v) is 2.24. The third-order valence-corrected chi connectivity index (χ3v) is 3.17. The van der Waals surface area contributed by atoms with Crippen molar-refractivity contribution in [2.24, 2.45) is 0 Å². The van der Waals surface area contributed by atoms with Gasteiger partial charge in [0.05, 0.1) is 5.94 Å². The van der Waals surface area contributed by atoms with E-state index in [-0.39, 0.29) is 18.0 Å². The Morgan fingerprint density at radius 1 is 1.44 bits per heavy atom. The average Bonchev–Trinajstić information content (AvgIpc) is 2.81. The number of pyridine rings is 1. The summed E-state index contributed by atoms with van der Waals surface area (Å²) in [5.41, 5.74) is -0.244. The Balaban J connectivity index is 2.09. The van der Waals surface area contributed by atoms with Crippen LogP contribution in [-0.4, -0.2) is 45.0 Å². The number of hydrogen-bond acceptors (Lipinski definition) is 4. The highest BCUT2D eigenvalue weighted by molar-refractivity contribution is 6.43. The van der Waals surface area contributed by atoms with Crippen LogP contribution in [0.25, 0.3) is 0 Å². The Labute approximate surface area is 105 Å². The molecule has 0 unspecified atom stereocenters. The molecule has 0 radical (unpaired) electrons. The summed E-state index contributed by atoms with van der Waals surface area (Å²) in [6.07, 6.45) is 2.87. The van der Waals surface area contributed by atoms with Crippen molar-refractivity contribution in [1.29, 1.82) is 0 Å². The van der Waals surface area contributed by atoms with E-state index in [0.717, 1.165) is 6.42 Å². The molecule has 96 valence electrons. The largest absolute Gasteiger partial charge is 0.475 e. The minimum absolute atomic E-state index is 0.0666. The second kappa shape index (κ2) is 5.37. The maximum Gasteiger partial charge on any atom is 0.475 e. The first-order chi connectivity index (χ1) is 8.59. The van der Waals surface area contributed by atoms with Crippen molar-refractivity contribution in [2.75, 3.05) is 6.54 Å². The Hall–Kier alpha value is -1.60. The Bertz CT molecular complexity index is 488. The molecule has 1 aliphatic rings. The van der Waals surface area contributed by atoms with Crippen LogP contribution in [0.3, 0.4) is 0 Å². The molecule has 6 nitrogen and oxygen atoms in total. The maximum atomic E-state index is 12.0. The summed E-state index contributed by atoms with van der Waals surface area (Å²) in [5, 5.41) is 18.4. The van der Waals surface area contributed by atoms with Crippen LogP contribution in [0.4, 0.5) is 0 Å². The summed E-state index contributed by atoms with van der Waals surface area (Å²) in [6, 6.07) is 4.67. The van der Waals surface area contributed by atoms with Crippen molar-refractivity contribution in [3.05, 3.63) is 34.7 Å². The fourth-order valence-electron chi connectivity index (χ4n) is 2.24. The summed E-state index contributed by atoms with van der Waals surface area (Å²) in [4.78, 5) is 24.9. The van der Waals surface area contributed by atoms with Crippen molar-refractivity contribution < 1.29 is 14.8 Å². The van der Waals surface area contributed by atoms with Gasteiger partial charge in [-0.15, -0.1) is 0 Å². The molecule has 1 fully saturated rings. The predicted molar refractivity (Wildman–Crippen MR) is 65.6 cm³/mol. The summed E-state index contributed by atoms with van der Waals surface area (Å²) >= 11 is 0. The minimum atomic E-state index is -1.52. The lowest BCUT2D eigenvalue weighted by molar-refractivity contribution is -0.131. The standard InChI is InChI=1S/C11H15BN2O4/c15-10-5-1-2-6-13(10)8-11(16)14-7-3-4-9(14)12(17)18/h1-2,5-6,9,17-18H,3-4,7-8H2/t9-/m0/s1. The Kier molecular flexibility index (Phi) is 3.83. The molecule has 1 aromatic heterocycles. The smallest absolute Gasteiger partial charge is 0.426 e. The van der Waals surface area contributed by atoms with E-state index in [9.17, 15) is 19.6 Å². The zero-order valence-electron chi connectivity index (χ0n) is 9.90. The zero-order chi connectivity index (χ0) is 13.1. The van der Waals surface area contributed by atoms with Crippen molar-refractivity contribution in [2.45, 2.75) is 25.3 Å². The van der Waals surface area contributed by atoms with Gasteiger partial charge in [-0.1, -0.05) is 6.07 Å². The number of likely N-dealkylation sites (tertiary alicyclic amines) is 1. The normalized spacial score (nSPS) is 19.0. The Morgan fingerprint density at radius 3 is 2.89 bits per heavy atom. The molecule has 2 N–H and O–H groups in total. The van der Waals surface area contributed by atoms with E-state index in [1.807, 2.05) is 0 Å². The lowest BCUT2D eigenvalue weighted by atomic mass is 9.78. The van der Waals surface area contributed by atoms with E-state index in [1.54, 1.807) is 18.3 Å². The molecule has 18 heavy (non-hydrogen) atoms. The second-order valence-corrected chi connectivity index (χ2v) is 4.38. The van der Waals surface area contributed by atoms with E-state index in [2.05, 4.69) is 0 Å². The molecule has 1 amide bonds. The second-order valence-electron chi connectivity index (χ2n) is 4.38. The molecule has 1 aliphatic heterocycles. The first-order valence-corrected chi connectivity index (χ1v) is 5.90. The van der Waals surface area contributed by atoms with E-state index in [0.29, 0.717) is 13.0 Å². The molecule has 1 saturated heterocycles. The van der Waals surface area contributed by atoms with Crippen LogP contribution in [0.15, 0.2) is 29.2 Å². The van der Waals surface area contributed by atoms with Crippen LogP contribution in [0.2, 0.25) is 0 Å². The van der Waals surface area contributed by atoms with Crippen LogP contribution < -0.4 is 5.56 Å². The first kappa shape index (κ1) is 12.9. The highest BCUT2D eigenvalue weighted by Crippen LogP contribution is 2.18. The van der Waals surface area contributed by atoms with Crippen LogP contribution in [0.1, 0.15) is 12.8 Å². The van der Waals surface area contributed by atoms with Crippen LogP contribution in [0.5, 0.6) is 0 Å². The Morgan fingerprint density at radius 2 is 2.22 bits per heavy atom. The number of rotatable bonds is 3. The van der Waals surface area contributed by atoms with Gasteiger partial charge in [-0.05, 0) is 18.9 Å². The highest BCUT2D eigenvalue weighted by atomic mass is 16.4. The van der Waals surface area contributed by atoms with E-state index in [1.165, 1.54) is 15.5 Å². The van der Waals surface area contributed by atoms with E-state index < -0.39 is 13.1 Å². The van der Waals surface area contributed by atoms with Crippen molar-refractivity contribution in [3.63, 3.8) is 0 Å². The van der Waals surface area contributed by atoms with E-state index in [4.69, 9.17) is 0 Å². The lowest BCUT2D eigenvalue weighted by Gasteiger charge is -2.24. The van der Waals surface area contributed by atoms with Crippen LogP contribution in [-0.2, 0) is 11.3 Å². The summed E-state index contributed by atoms with van der Waals surface area (Å²) in [7, 11) is -1.52. The molecule has 0 aliphatic carbocycles. The first-order valence-electron chi connectivity index (χ1n) is 5.90. The number of aromatic nitrogens is 1. The number of hydrogen-bond donors (Lipinski definition) is 2. The van der Waals surface area contributed by atoms with Gasteiger partial charge in [-0.2, -0.15) is 0 Å². The molecular formula is C11H15BN2O4. The quantitative estimate of drug-likeness (QED) is 0.663. The molecule has 0 bridgehead atoms. The van der Waals surface area contributed by atoms with Gasteiger partial charge in [0.2, 0.25) is 5.91 Å². The van der Waals surface area contributed by atoms with Gasteiger partial charge in [-0.3, -0.25) is 9.59 Å². The van der Waals surface area contributed by atoms with Gasteiger partial charge in [-0.25, -0.2) is 0 Å². The number of nitrogens with zero attached hydrogens (tertiary/aromatic N) is 2.